The van der Waals surface area contributed by atoms with Gasteiger partial charge < -0.3 is 20.4 Å². The lowest BCUT2D eigenvalue weighted by atomic mass is 9.98. The quantitative estimate of drug-likeness (QED) is 0.729. The van der Waals surface area contributed by atoms with Gasteiger partial charge in [0.1, 0.15) is 0 Å². The maximum atomic E-state index is 12.2. The van der Waals surface area contributed by atoms with Crippen molar-refractivity contribution >= 4 is 12.0 Å². The molecular weight excluding hydrogens is 260 g/mol. The number of hydrogen-bond acceptors (Lipinski definition) is 3. The van der Waals surface area contributed by atoms with Crippen LogP contribution in [0.2, 0.25) is 0 Å². The summed E-state index contributed by atoms with van der Waals surface area (Å²) in [4.78, 5) is 24.7. The molecule has 1 fully saturated rings. The first-order valence-electron chi connectivity index (χ1n) is 7.21. The lowest BCUT2D eigenvalue weighted by Gasteiger charge is -2.27. The van der Waals surface area contributed by atoms with Crippen LogP contribution < -0.4 is 5.32 Å². The average molecular weight is 286 g/mol. The molecule has 1 saturated heterocycles. The van der Waals surface area contributed by atoms with Crippen LogP contribution in [0.25, 0.3) is 0 Å². The largest absolute Gasteiger partial charge is 0.481 e. The van der Waals surface area contributed by atoms with Crippen molar-refractivity contribution in [2.45, 2.75) is 58.1 Å². The number of carboxylic acids is 1. The van der Waals surface area contributed by atoms with Gasteiger partial charge in [0.05, 0.1) is 12.0 Å². The summed E-state index contributed by atoms with van der Waals surface area (Å²) in [5, 5.41) is 21.7. The Kier molecular flexibility index (Phi) is 5.80. The molecule has 3 N–H and O–H groups in total. The van der Waals surface area contributed by atoms with Crippen molar-refractivity contribution in [1.82, 2.24) is 10.2 Å². The number of urea groups is 1. The third kappa shape index (κ3) is 5.36. The molecule has 1 heterocycles. The summed E-state index contributed by atoms with van der Waals surface area (Å²) in [7, 11) is 0. The van der Waals surface area contributed by atoms with Gasteiger partial charge in [0.2, 0.25) is 0 Å². The zero-order chi connectivity index (χ0) is 15.3. The summed E-state index contributed by atoms with van der Waals surface area (Å²) in [6.45, 7) is 6.66. The highest BCUT2D eigenvalue weighted by atomic mass is 16.4. The van der Waals surface area contributed by atoms with Gasteiger partial charge in [0.25, 0.3) is 0 Å². The second-order valence-corrected chi connectivity index (χ2v) is 6.24. The van der Waals surface area contributed by atoms with E-state index < -0.39 is 11.6 Å². The summed E-state index contributed by atoms with van der Waals surface area (Å²) in [6.07, 6.45) is 1.91. The first-order valence-corrected chi connectivity index (χ1v) is 7.21. The number of hydrogen-bond donors (Lipinski definition) is 3. The molecule has 1 aliphatic heterocycles. The molecule has 6 nitrogen and oxygen atoms in total. The Morgan fingerprint density at radius 2 is 1.95 bits per heavy atom. The standard InChI is InChI=1S/C14H26N2O4/c1-10(2)11(9-12(17)18)15-13(19)16-7-4-5-14(3,20)6-8-16/h10-11,20H,4-9H2,1-3H3,(H,15,19)(H,17,18). The highest BCUT2D eigenvalue weighted by Crippen LogP contribution is 2.21. The lowest BCUT2D eigenvalue weighted by molar-refractivity contribution is -0.137. The van der Waals surface area contributed by atoms with Crippen molar-refractivity contribution in [3.05, 3.63) is 0 Å². The molecule has 6 heteroatoms. The Bertz CT molecular complexity index is 355. The molecule has 2 atom stereocenters. The van der Waals surface area contributed by atoms with Gasteiger partial charge in [-0.2, -0.15) is 0 Å². The third-order valence-corrected chi connectivity index (χ3v) is 3.86. The van der Waals surface area contributed by atoms with Gasteiger partial charge in [-0.1, -0.05) is 13.8 Å². The van der Waals surface area contributed by atoms with Crippen LogP contribution >= 0.6 is 0 Å². The van der Waals surface area contributed by atoms with Crippen LogP contribution in [0.5, 0.6) is 0 Å². The molecule has 0 aromatic carbocycles. The molecule has 0 aliphatic carbocycles. The molecule has 0 aromatic rings. The number of amides is 2. The van der Waals surface area contributed by atoms with Crippen LogP contribution in [-0.2, 0) is 4.79 Å². The molecule has 0 spiro atoms. The van der Waals surface area contributed by atoms with Gasteiger partial charge >= 0.3 is 12.0 Å². The number of nitrogens with one attached hydrogen (secondary N) is 1. The number of nitrogens with zero attached hydrogens (tertiary/aromatic N) is 1. The maximum absolute atomic E-state index is 12.2. The molecule has 2 amide bonds. The summed E-state index contributed by atoms with van der Waals surface area (Å²) in [5.74, 6) is -0.854. The number of aliphatic carboxylic acids is 1. The minimum absolute atomic E-state index is 0.0603. The molecule has 1 rings (SSSR count). The fourth-order valence-corrected chi connectivity index (χ4v) is 2.36. The number of aliphatic hydroxyl groups is 1. The summed E-state index contributed by atoms with van der Waals surface area (Å²) >= 11 is 0. The molecule has 0 radical (unpaired) electrons. The predicted molar refractivity (Wildman–Crippen MR) is 75.5 cm³/mol. The van der Waals surface area contributed by atoms with Crippen LogP contribution in [0.1, 0.15) is 46.5 Å². The third-order valence-electron chi connectivity index (χ3n) is 3.86. The van der Waals surface area contributed by atoms with Crippen molar-refractivity contribution in [3.8, 4) is 0 Å². The summed E-state index contributed by atoms with van der Waals surface area (Å²) in [5.41, 5.74) is -0.715. The van der Waals surface area contributed by atoms with E-state index in [0.717, 1.165) is 6.42 Å². The van der Waals surface area contributed by atoms with E-state index >= 15 is 0 Å². The number of carboxylic acid groups (broad SMARTS) is 1. The van der Waals surface area contributed by atoms with Crippen molar-refractivity contribution in [2.75, 3.05) is 13.1 Å². The fraction of sp³-hybridized carbons (Fsp3) is 0.857. The van der Waals surface area contributed by atoms with E-state index in [-0.39, 0.29) is 24.4 Å². The van der Waals surface area contributed by atoms with E-state index in [2.05, 4.69) is 5.32 Å². The highest BCUT2D eigenvalue weighted by Gasteiger charge is 2.28. The number of rotatable bonds is 4. The van der Waals surface area contributed by atoms with Gasteiger partial charge in [-0.05, 0) is 32.1 Å². The summed E-state index contributed by atoms with van der Waals surface area (Å²) in [6, 6.07) is -0.605. The topological polar surface area (TPSA) is 89.9 Å². The molecule has 2 unspecified atom stereocenters. The Morgan fingerprint density at radius 1 is 1.30 bits per heavy atom. The minimum Gasteiger partial charge on any atom is -0.481 e. The van der Waals surface area contributed by atoms with E-state index in [0.29, 0.717) is 25.9 Å². The molecule has 0 saturated carbocycles. The van der Waals surface area contributed by atoms with E-state index in [1.54, 1.807) is 11.8 Å². The maximum Gasteiger partial charge on any atom is 0.317 e. The minimum atomic E-state index is -0.914. The Morgan fingerprint density at radius 3 is 2.50 bits per heavy atom. The zero-order valence-electron chi connectivity index (χ0n) is 12.6. The first-order chi connectivity index (χ1) is 9.21. The number of carbonyl (C=O) groups is 2. The Labute approximate surface area is 120 Å². The van der Waals surface area contributed by atoms with Gasteiger partial charge in [0.15, 0.2) is 0 Å². The molecular formula is C14H26N2O4. The molecule has 0 bridgehead atoms. The predicted octanol–water partition coefficient (Wildman–Crippen LogP) is 1.43. The van der Waals surface area contributed by atoms with Crippen molar-refractivity contribution in [2.24, 2.45) is 5.92 Å². The average Bonchev–Trinajstić information content (AvgIpc) is 2.48. The van der Waals surface area contributed by atoms with Gasteiger partial charge in [0, 0.05) is 19.1 Å². The van der Waals surface area contributed by atoms with Crippen LogP contribution in [0.15, 0.2) is 0 Å². The van der Waals surface area contributed by atoms with Crippen LogP contribution in [0.3, 0.4) is 0 Å². The Hall–Kier alpha value is -1.30. The van der Waals surface area contributed by atoms with Gasteiger partial charge in [-0.25, -0.2) is 4.79 Å². The smallest absolute Gasteiger partial charge is 0.317 e. The molecule has 116 valence electrons. The monoisotopic (exact) mass is 286 g/mol. The van der Waals surface area contributed by atoms with E-state index in [4.69, 9.17) is 5.11 Å². The van der Waals surface area contributed by atoms with E-state index in [1.807, 2.05) is 13.8 Å². The van der Waals surface area contributed by atoms with Gasteiger partial charge in [-0.15, -0.1) is 0 Å². The fourth-order valence-electron chi connectivity index (χ4n) is 2.36. The van der Waals surface area contributed by atoms with Crippen molar-refractivity contribution in [1.29, 1.82) is 0 Å². The van der Waals surface area contributed by atoms with Gasteiger partial charge in [-0.3, -0.25) is 4.79 Å². The molecule has 1 aliphatic rings. The second kappa shape index (κ2) is 6.92. The summed E-state index contributed by atoms with van der Waals surface area (Å²) < 4.78 is 0. The highest BCUT2D eigenvalue weighted by molar-refractivity contribution is 5.76. The number of likely N-dealkylation sites (tertiary alicyclic amines) is 1. The second-order valence-electron chi connectivity index (χ2n) is 6.24. The Balaban J connectivity index is 2.58. The van der Waals surface area contributed by atoms with Crippen LogP contribution in [-0.4, -0.2) is 51.8 Å². The van der Waals surface area contributed by atoms with Crippen LogP contribution in [0.4, 0.5) is 4.79 Å². The molecule has 0 aromatic heterocycles. The van der Waals surface area contributed by atoms with Crippen molar-refractivity contribution < 1.29 is 19.8 Å². The lowest BCUT2D eigenvalue weighted by Crippen LogP contribution is -2.48. The zero-order valence-corrected chi connectivity index (χ0v) is 12.6. The van der Waals surface area contributed by atoms with Crippen molar-refractivity contribution in [3.63, 3.8) is 0 Å². The normalized spacial score (nSPS) is 25.1. The SMILES string of the molecule is CC(C)C(CC(=O)O)NC(=O)N1CCCC(C)(O)CC1. The van der Waals surface area contributed by atoms with E-state index in [1.165, 1.54) is 0 Å². The van der Waals surface area contributed by atoms with Crippen LogP contribution in [0, 0.1) is 5.92 Å². The first kappa shape index (κ1) is 16.8. The number of carbonyl (C=O) groups excluding carboxylic acids is 1. The molecule has 20 heavy (non-hydrogen) atoms. The van der Waals surface area contributed by atoms with E-state index in [9.17, 15) is 14.7 Å².